The molecular formula is C34H14F12N3O3P. The fourth-order valence-electron chi connectivity index (χ4n) is 4.95. The standard InChI is InChI=1S/C34H14F12N3O3P/c1-53(32-23(41)17(35)29(18(36)24(32)42)50-14-8-2-5-11-47-14,33-25(43)19(37)30(20(38)26(33)44)51-15-9-3-6-12-48-15)34-27(45)21(39)31(22(40)28(34)46)52-16-10-4-7-13-49-16/h2-13H,1H2. The van der Waals surface area contributed by atoms with Gasteiger partial charge in [-0.05, 0) is 25.1 Å². The van der Waals surface area contributed by atoms with E-state index in [1.165, 1.54) is 36.4 Å². The zero-order valence-electron chi connectivity index (χ0n) is 25.7. The van der Waals surface area contributed by atoms with E-state index in [9.17, 15) is 0 Å². The molecule has 3 aromatic carbocycles. The van der Waals surface area contributed by atoms with E-state index in [0.29, 0.717) is 0 Å². The third-order valence-electron chi connectivity index (χ3n) is 7.28. The van der Waals surface area contributed by atoms with Crippen molar-refractivity contribution in [1.82, 2.24) is 15.0 Å². The highest BCUT2D eigenvalue weighted by molar-refractivity contribution is 7.93. The molecule has 6 aromatic rings. The van der Waals surface area contributed by atoms with Crippen molar-refractivity contribution in [1.29, 1.82) is 0 Å². The van der Waals surface area contributed by atoms with Crippen LogP contribution in [0.3, 0.4) is 0 Å². The molecule has 0 atom stereocenters. The molecule has 0 unspecified atom stereocenters. The van der Waals surface area contributed by atoms with Gasteiger partial charge in [0.05, 0.1) is 15.9 Å². The highest BCUT2D eigenvalue weighted by atomic mass is 31.2. The van der Waals surface area contributed by atoms with Crippen LogP contribution in [0.2, 0.25) is 0 Å². The number of aromatic nitrogens is 3. The molecule has 0 N–H and O–H groups in total. The first-order valence-electron chi connectivity index (χ1n) is 14.3. The molecule has 0 saturated heterocycles. The first-order valence-corrected chi connectivity index (χ1v) is 16.3. The first-order chi connectivity index (χ1) is 25.2. The minimum atomic E-state index is -6.37. The number of pyridine rings is 3. The molecule has 0 radical (unpaired) electrons. The molecule has 0 spiro atoms. The second kappa shape index (κ2) is 14.2. The van der Waals surface area contributed by atoms with Gasteiger partial charge in [0.1, 0.15) is 0 Å². The van der Waals surface area contributed by atoms with E-state index in [0.717, 1.165) is 36.8 Å². The van der Waals surface area contributed by atoms with Crippen molar-refractivity contribution in [2.75, 3.05) is 0 Å². The Morgan fingerprint density at radius 1 is 0.358 bits per heavy atom. The monoisotopic (exact) mass is 771 g/mol. The summed E-state index contributed by atoms with van der Waals surface area (Å²) in [6.45, 7) is -6.37. The van der Waals surface area contributed by atoms with Gasteiger partial charge in [-0.2, -0.15) is 26.3 Å². The van der Waals surface area contributed by atoms with E-state index >= 15 is 52.7 Å². The summed E-state index contributed by atoms with van der Waals surface area (Å²) >= 11 is 0. The summed E-state index contributed by atoms with van der Waals surface area (Å²) < 4.78 is 205. The summed E-state index contributed by atoms with van der Waals surface area (Å²) in [7, 11) is 0. The Morgan fingerprint density at radius 3 is 0.774 bits per heavy atom. The maximum Gasteiger partial charge on any atom is 0.219 e. The lowest BCUT2D eigenvalue weighted by molar-refractivity contribution is 0.360. The van der Waals surface area contributed by atoms with Crippen molar-refractivity contribution < 1.29 is 66.9 Å². The van der Waals surface area contributed by atoms with E-state index in [1.54, 1.807) is 0 Å². The Balaban J connectivity index is 1.70. The van der Waals surface area contributed by atoms with Crippen molar-refractivity contribution in [3.05, 3.63) is 143 Å². The lowest BCUT2D eigenvalue weighted by atomic mass is 10.2. The molecular weight excluding hydrogens is 757 g/mol. The van der Waals surface area contributed by atoms with E-state index in [1.807, 2.05) is 0 Å². The smallest absolute Gasteiger partial charge is 0.219 e. The zero-order valence-corrected chi connectivity index (χ0v) is 26.6. The van der Waals surface area contributed by atoms with E-state index < -0.39 is 127 Å². The predicted octanol–water partition coefficient (Wildman–Crippen LogP) is 8.64. The Bertz CT molecular complexity index is 2090. The molecule has 6 rings (SSSR count). The lowest BCUT2D eigenvalue weighted by Crippen LogP contribution is -2.39. The van der Waals surface area contributed by atoms with Crippen LogP contribution in [0.25, 0.3) is 0 Å². The van der Waals surface area contributed by atoms with Gasteiger partial charge in [0.25, 0.3) is 0 Å². The average molecular weight is 771 g/mol. The van der Waals surface area contributed by atoms with Gasteiger partial charge in [-0.1, -0.05) is 24.5 Å². The quantitative estimate of drug-likeness (QED) is 0.0834. The Morgan fingerprint density at radius 2 is 0.585 bits per heavy atom. The number of halogens is 12. The highest BCUT2D eigenvalue weighted by Gasteiger charge is 2.46. The number of benzene rings is 3. The van der Waals surface area contributed by atoms with Crippen molar-refractivity contribution in [3.8, 4) is 34.9 Å². The van der Waals surface area contributed by atoms with Crippen LogP contribution in [0, 0.1) is 69.8 Å². The highest BCUT2D eigenvalue weighted by Crippen LogP contribution is 2.51. The van der Waals surface area contributed by atoms with Crippen LogP contribution in [0.5, 0.6) is 34.9 Å². The van der Waals surface area contributed by atoms with Crippen LogP contribution in [0.1, 0.15) is 0 Å². The molecule has 3 heterocycles. The van der Waals surface area contributed by atoms with Crippen LogP contribution in [-0.2, 0) is 0 Å². The largest absolute Gasteiger partial charge is 0.433 e. The number of nitrogens with zero attached hydrogens (tertiary/aromatic N) is 3. The van der Waals surface area contributed by atoms with Crippen LogP contribution in [0.15, 0.2) is 73.2 Å². The predicted molar refractivity (Wildman–Crippen MR) is 165 cm³/mol. The third kappa shape index (κ3) is 6.18. The van der Waals surface area contributed by atoms with Gasteiger partial charge in [0.2, 0.25) is 69.8 Å². The third-order valence-corrected chi connectivity index (χ3v) is 10.7. The molecule has 0 fully saturated rings. The minimum absolute atomic E-state index is 0.679. The normalized spacial score (nSPS) is 11.5. The number of hydrogen-bond donors (Lipinski definition) is 0. The van der Waals surface area contributed by atoms with Crippen LogP contribution in [0.4, 0.5) is 52.7 Å². The second-order valence-corrected chi connectivity index (χ2v) is 13.4. The SMILES string of the molecule is C=P(c1c(F)c(F)c(Oc2ccccn2)c(F)c1F)(c1c(F)c(F)c(Oc2ccccn2)c(F)c1F)c1c(F)c(F)c(Oc2ccccn2)c(F)c1F. The van der Waals surface area contributed by atoms with E-state index in [4.69, 9.17) is 14.2 Å². The Labute approximate surface area is 288 Å². The molecule has 19 heteroatoms. The van der Waals surface area contributed by atoms with Crippen molar-refractivity contribution in [2.45, 2.75) is 0 Å². The van der Waals surface area contributed by atoms with Gasteiger partial charge in [-0.15, -0.1) is 0 Å². The summed E-state index contributed by atoms with van der Waals surface area (Å²) in [4.78, 5) is 10.6. The fraction of sp³-hybridized carbons (Fsp3) is 0. The molecule has 0 aliphatic rings. The average Bonchev–Trinajstić information content (AvgIpc) is 3.16. The molecule has 53 heavy (non-hydrogen) atoms. The maximum atomic E-state index is 16.1. The first kappa shape index (κ1) is 36.8. The van der Waals surface area contributed by atoms with Gasteiger partial charge in [-0.25, -0.2) is 41.3 Å². The Kier molecular flexibility index (Phi) is 9.83. The molecule has 0 amide bonds. The molecule has 272 valence electrons. The van der Waals surface area contributed by atoms with Gasteiger partial charge in [0.15, 0.2) is 34.9 Å². The topological polar surface area (TPSA) is 66.4 Å². The number of ether oxygens (including phenoxy) is 3. The molecule has 6 nitrogen and oxygen atoms in total. The molecule has 0 aliphatic heterocycles. The van der Waals surface area contributed by atoms with Gasteiger partial charge < -0.3 is 14.2 Å². The van der Waals surface area contributed by atoms with Crippen molar-refractivity contribution in [2.24, 2.45) is 0 Å². The summed E-state index contributed by atoms with van der Waals surface area (Å²) in [5.74, 6) is -39.7. The summed E-state index contributed by atoms with van der Waals surface area (Å²) in [6.07, 6.45) is 6.10. The molecule has 0 bridgehead atoms. The van der Waals surface area contributed by atoms with Gasteiger partial charge >= 0.3 is 0 Å². The molecule has 0 aliphatic carbocycles. The number of rotatable bonds is 9. The summed E-state index contributed by atoms with van der Waals surface area (Å²) in [5.41, 5.74) is 0. The fourth-order valence-corrected chi connectivity index (χ4v) is 8.22. The van der Waals surface area contributed by atoms with Gasteiger partial charge in [-0.3, -0.25) is 0 Å². The number of hydrogen-bond acceptors (Lipinski definition) is 6. The second-order valence-electron chi connectivity index (χ2n) is 10.4. The lowest BCUT2D eigenvalue weighted by Gasteiger charge is -2.30. The zero-order chi connectivity index (χ0) is 38.4. The summed E-state index contributed by atoms with van der Waals surface area (Å²) in [5, 5.41) is -7.32. The maximum absolute atomic E-state index is 16.1. The molecule has 3 aromatic heterocycles. The van der Waals surface area contributed by atoms with E-state index in [-0.39, 0.29) is 0 Å². The van der Waals surface area contributed by atoms with E-state index in [2.05, 4.69) is 21.3 Å². The van der Waals surface area contributed by atoms with Crippen LogP contribution in [-0.4, -0.2) is 21.3 Å². The van der Waals surface area contributed by atoms with Crippen molar-refractivity contribution in [3.63, 3.8) is 0 Å². The molecule has 0 saturated carbocycles. The minimum Gasteiger partial charge on any atom is -0.433 e. The van der Waals surface area contributed by atoms with Crippen LogP contribution >= 0.6 is 6.89 Å². The van der Waals surface area contributed by atoms with Crippen LogP contribution < -0.4 is 30.1 Å². The summed E-state index contributed by atoms with van der Waals surface area (Å²) in [6, 6.07) is 10.4. The Hall–Kier alpha value is -6.03. The van der Waals surface area contributed by atoms with Gasteiger partial charge in [0, 0.05) is 36.8 Å². The van der Waals surface area contributed by atoms with Crippen molar-refractivity contribution >= 4 is 29.1 Å².